The number of carbonyl (C=O) groups excluding carboxylic acids is 1. The minimum atomic E-state index is -0.760. The summed E-state index contributed by atoms with van der Waals surface area (Å²) in [4.78, 5) is 28.7. The molecule has 6 nitrogen and oxygen atoms in total. The second kappa shape index (κ2) is 7.00. The summed E-state index contributed by atoms with van der Waals surface area (Å²) in [6.45, 7) is 5.26. The van der Waals surface area contributed by atoms with Crippen molar-refractivity contribution >= 4 is 23.8 Å². The topological polar surface area (TPSA) is 64.1 Å². The van der Waals surface area contributed by atoms with Crippen LogP contribution in [0.3, 0.4) is 0 Å². The molecular weight excluding hydrogens is 266 g/mol. The highest BCUT2D eigenvalue weighted by Gasteiger charge is 2.26. The molecule has 0 radical (unpaired) electrons. The van der Waals surface area contributed by atoms with Crippen LogP contribution in [0.5, 0.6) is 0 Å². The Morgan fingerprint density at radius 1 is 0.947 bits per heavy atom. The highest BCUT2D eigenvalue weighted by Crippen LogP contribution is 2.13. The van der Waals surface area contributed by atoms with E-state index in [-0.39, 0.29) is 12.5 Å². The second-order valence-corrected chi connectivity index (χ2v) is 6.08. The van der Waals surface area contributed by atoms with Crippen LogP contribution in [0.2, 0.25) is 0 Å². The van der Waals surface area contributed by atoms with Gasteiger partial charge in [-0.1, -0.05) is 0 Å². The van der Waals surface area contributed by atoms with Gasteiger partial charge in [-0.25, -0.2) is 4.79 Å². The van der Waals surface area contributed by atoms with Crippen LogP contribution in [0.4, 0.5) is 4.79 Å². The Hall–Kier alpha value is -0.950. The largest absolute Gasteiger partial charge is 0.481 e. The van der Waals surface area contributed by atoms with Crippen molar-refractivity contribution < 1.29 is 14.7 Å². The molecule has 0 saturated carbocycles. The van der Waals surface area contributed by atoms with Gasteiger partial charge in [0.15, 0.2) is 0 Å². The van der Waals surface area contributed by atoms with Crippen LogP contribution in [0.25, 0.3) is 0 Å². The van der Waals surface area contributed by atoms with Gasteiger partial charge in [-0.15, -0.1) is 0 Å². The molecular formula is C12H21N3O3S. The van der Waals surface area contributed by atoms with E-state index < -0.39 is 5.97 Å². The Morgan fingerprint density at radius 2 is 1.53 bits per heavy atom. The van der Waals surface area contributed by atoms with E-state index in [2.05, 4.69) is 4.90 Å². The summed E-state index contributed by atoms with van der Waals surface area (Å²) in [7, 11) is 0. The van der Waals surface area contributed by atoms with E-state index >= 15 is 0 Å². The van der Waals surface area contributed by atoms with Gasteiger partial charge in [-0.3, -0.25) is 9.69 Å². The molecule has 0 aliphatic carbocycles. The van der Waals surface area contributed by atoms with Crippen molar-refractivity contribution in [3.05, 3.63) is 0 Å². The minimum absolute atomic E-state index is 0.151. The summed E-state index contributed by atoms with van der Waals surface area (Å²) in [5.41, 5.74) is 0. The first-order valence-electron chi connectivity index (χ1n) is 6.72. The zero-order valence-electron chi connectivity index (χ0n) is 11.1. The van der Waals surface area contributed by atoms with Gasteiger partial charge in [0, 0.05) is 57.3 Å². The number of urea groups is 1. The average molecular weight is 287 g/mol. The zero-order valence-corrected chi connectivity index (χ0v) is 11.9. The second-order valence-electron chi connectivity index (χ2n) is 4.85. The van der Waals surface area contributed by atoms with Crippen LogP contribution >= 0.6 is 11.8 Å². The molecule has 0 atom stereocenters. The fourth-order valence-corrected chi connectivity index (χ4v) is 3.27. The van der Waals surface area contributed by atoms with E-state index in [1.165, 1.54) is 0 Å². The van der Waals surface area contributed by atoms with Gasteiger partial charge in [0.2, 0.25) is 0 Å². The molecule has 2 saturated heterocycles. The highest BCUT2D eigenvalue weighted by atomic mass is 32.2. The van der Waals surface area contributed by atoms with E-state index in [1.807, 2.05) is 21.6 Å². The van der Waals surface area contributed by atoms with E-state index in [1.54, 1.807) is 0 Å². The number of carboxylic acid groups (broad SMARTS) is 1. The summed E-state index contributed by atoms with van der Waals surface area (Å²) in [5, 5.41) is 8.65. The Morgan fingerprint density at radius 3 is 2.11 bits per heavy atom. The lowest BCUT2D eigenvalue weighted by atomic mass is 10.3. The molecule has 0 unspecified atom stereocenters. The van der Waals surface area contributed by atoms with Crippen molar-refractivity contribution in [3.8, 4) is 0 Å². The van der Waals surface area contributed by atoms with Crippen molar-refractivity contribution in [1.29, 1.82) is 0 Å². The SMILES string of the molecule is O=C(O)CCN1CCN(C(=O)N2CCSCC2)CC1. The predicted molar refractivity (Wildman–Crippen MR) is 74.6 cm³/mol. The molecule has 2 aliphatic rings. The molecule has 19 heavy (non-hydrogen) atoms. The number of piperazine rings is 1. The monoisotopic (exact) mass is 287 g/mol. The maximum atomic E-state index is 12.3. The Bertz CT molecular complexity index is 326. The molecule has 7 heteroatoms. The highest BCUT2D eigenvalue weighted by molar-refractivity contribution is 7.99. The van der Waals surface area contributed by atoms with Crippen molar-refractivity contribution in [2.75, 3.05) is 57.3 Å². The number of rotatable bonds is 3. The maximum absolute atomic E-state index is 12.3. The Balaban J connectivity index is 1.72. The first-order valence-corrected chi connectivity index (χ1v) is 7.88. The van der Waals surface area contributed by atoms with Crippen molar-refractivity contribution in [2.45, 2.75) is 6.42 Å². The van der Waals surface area contributed by atoms with Gasteiger partial charge in [0.25, 0.3) is 0 Å². The van der Waals surface area contributed by atoms with Crippen LogP contribution < -0.4 is 0 Å². The average Bonchev–Trinajstić information content (AvgIpc) is 2.46. The fraction of sp³-hybridized carbons (Fsp3) is 0.833. The third-order valence-corrected chi connectivity index (χ3v) is 4.51. The summed E-state index contributed by atoms with van der Waals surface area (Å²) < 4.78 is 0. The molecule has 2 heterocycles. The molecule has 2 fully saturated rings. The Kier molecular flexibility index (Phi) is 5.33. The standard InChI is InChI=1S/C12H21N3O3S/c16-11(17)1-2-13-3-5-14(6-4-13)12(18)15-7-9-19-10-8-15/h1-10H2,(H,16,17). The van der Waals surface area contributed by atoms with E-state index in [0.29, 0.717) is 19.6 Å². The van der Waals surface area contributed by atoms with Crippen molar-refractivity contribution in [1.82, 2.24) is 14.7 Å². The lowest BCUT2D eigenvalue weighted by Gasteiger charge is -2.38. The number of amides is 2. The predicted octanol–water partition coefficient (Wildman–Crippen LogP) is 0.247. The number of hydrogen-bond donors (Lipinski definition) is 1. The number of thioether (sulfide) groups is 1. The molecule has 2 rings (SSSR count). The zero-order chi connectivity index (χ0) is 13.7. The fourth-order valence-electron chi connectivity index (χ4n) is 2.37. The lowest BCUT2D eigenvalue weighted by Crippen LogP contribution is -2.54. The summed E-state index contributed by atoms with van der Waals surface area (Å²) in [6, 6.07) is 0.151. The molecule has 0 bridgehead atoms. The molecule has 108 valence electrons. The van der Waals surface area contributed by atoms with Gasteiger partial charge >= 0.3 is 12.0 Å². The molecule has 0 aromatic carbocycles. The van der Waals surface area contributed by atoms with Crippen LogP contribution in [0.1, 0.15) is 6.42 Å². The number of aliphatic carboxylic acids is 1. The van der Waals surface area contributed by atoms with Gasteiger partial charge in [-0.05, 0) is 0 Å². The van der Waals surface area contributed by atoms with Crippen LogP contribution in [-0.2, 0) is 4.79 Å². The van der Waals surface area contributed by atoms with E-state index in [4.69, 9.17) is 5.11 Å². The number of nitrogens with zero attached hydrogens (tertiary/aromatic N) is 3. The number of hydrogen-bond acceptors (Lipinski definition) is 4. The normalized spacial score (nSPS) is 21.5. The summed E-state index contributed by atoms with van der Waals surface area (Å²) in [5.74, 6) is 1.30. The summed E-state index contributed by atoms with van der Waals surface area (Å²) in [6.07, 6.45) is 0.178. The van der Waals surface area contributed by atoms with Crippen LogP contribution in [0, 0.1) is 0 Å². The van der Waals surface area contributed by atoms with Crippen LogP contribution in [0.15, 0.2) is 0 Å². The van der Waals surface area contributed by atoms with Gasteiger partial charge < -0.3 is 14.9 Å². The smallest absolute Gasteiger partial charge is 0.320 e. The molecule has 0 aromatic rings. The first-order chi connectivity index (χ1) is 9.16. The summed E-state index contributed by atoms with van der Waals surface area (Å²) >= 11 is 1.90. The van der Waals surface area contributed by atoms with Gasteiger partial charge in [-0.2, -0.15) is 11.8 Å². The quantitative estimate of drug-likeness (QED) is 0.806. The molecule has 2 amide bonds. The molecule has 0 aromatic heterocycles. The molecule has 2 aliphatic heterocycles. The Labute approximate surface area is 117 Å². The number of carboxylic acids is 1. The third-order valence-electron chi connectivity index (χ3n) is 3.57. The maximum Gasteiger partial charge on any atom is 0.320 e. The van der Waals surface area contributed by atoms with Gasteiger partial charge in [0.05, 0.1) is 6.42 Å². The first kappa shape index (κ1) is 14.5. The molecule has 1 N–H and O–H groups in total. The van der Waals surface area contributed by atoms with Crippen molar-refractivity contribution in [2.24, 2.45) is 0 Å². The van der Waals surface area contributed by atoms with Gasteiger partial charge in [0.1, 0.15) is 0 Å². The van der Waals surface area contributed by atoms with Crippen molar-refractivity contribution in [3.63, 3.8) is 0 Å². The van der Waals surface area contributed by atoms with E-state index in [9.17, 15) is 9.59 Å². The van der Waals surface area contributed by atoms with Crippen LogP contribution in [-0.4, -0.2) is 89.1 Å². The minimum Gasteiger partial charge on any atom is -0.481 e. The van der Waals surface area contributed by atoms with E-state index in [0.717, 1.165) is 37.7 Å². The third kappa shape index (κ3) is 4.28. The molecule has 0 spiro atoms. The number of carbonyl (C=O) groups is 2. The lowest BCUT2D eigenvalue weighted by molar-refractivity contribution is -0.137.